The fourth-order valence-corrected chi connectivity index (χ4v) is 4.90. The molecule has 2 unspecified atom stereocenters. The van der Waals surface area contributed by atoms with E-state index in [1.165, 1.54) is 0 Å². The summed E-state index contributed by atoms with van der Waals surface area (Å²) in [6.45, 7) is 3.81. The Balaban J connectivity index is 1.26. The van der Waals surface area contributed by atoms with Gasteiger partial charge in [0.2, 0.25) is 0 Å². The van der Waals surface area contributed by atoms with E-state index in [2.05, 4.69) is 6.92 Å². The lowest BCUT2D eigenvalue weighted by molar-refractivity contribution is -0.0626. The Morgan fingerprint density at radius 1 is 0.581 bits per heavy atom. The van der Waals surface area contributed by atoms with Gasteiger partial charge < -0.3 is 14.2 Å². The highest BCUT2D eigenvalue weighted by atomic mass is 16.6. The van der Waals surface area contributed by atoms with E-state index < -0.39 is 0 Å². The van der Waals surface area contributed by atoms with Crippen LogP contribution in [0.5, 0.6) is 0 Å². The lowest BCUT2D eigenvalue weighted by atomic mass is 10.00. The predicted octanol–water partition coefficient (Wildman–Crippen LogP) is 7.54. The molecule has 0 aliphatic rings. The molecule has 0 saturated heterocycles. The average Bonchev–Trinajstić information content (AvgIpc) is 3.07. The van der Waals surface area contributed by atoms with Crippen LogP contribution >= 0.6 is 0 Å². The lowest BCUT2D eigenvalue weighted by Crippen LogP contribution is -2.27. The summed E-state index contributed by atoms with van der Waals surface area (Å²) < 4.78 is 17.9. The van der Waals surface area contributed by atoms with E-state index in [1.807, 2.05) is 109 Å². The Morgan fingerprint density at radius 2 is 1.02 bits per heavy atom. The molecule has 0 spiro atoms. The largest absolute Gasteiger partial charge is 0.379 e. The summed E-state index contributed by atoms with van der Waals surface area (Å²) in [5, 5.41) is 0. The van der Waals surface area contributed by atoms with Crippen LogP contribution in [0.3, 0.4) is 0 Å². The van der Waals surface area contributed by atoms with Crippen molar-refractivity contribution < 1.29 is 23.8 Å². The molecule has 4 aromatic rings. The van der Waals surface area contributed by atoms with Crippen molar-refractivity contribution in [1.29, 1.82) is 0 Å². The molecule has 5 nitrogen and oxygen atoms in total. The standard InChI is InChI=1S/C38H42O5/c1-3-26-42-27-36(25-19-30-16-22-34(23-17-30)38(40)32-12-8-5-9-13-32)43-28-35(41-2)24-18-29-14-20-33(21-15-29)37(39)31-10-6-4-7-11-31/h4-17,20-23,35-36H,3,18-19,24-28H2,1-2H3. The minimum atomic E-state index is -0.0573. The molecule has 0 aliphatic heterocycles. The molecule has 0 fully saturated rings. The van der Waals surface area contributed by atoms with Crippen molar-refractivity contribution in [3.05, 3.63) is 143 Å². The number of carbonyl (C=O) groups excluding carboxylic acids is 2. The molecule has 4 rings (SSSR count). The van der Waals surface area contributed by atoms with Crippen LogP contribution in [-0.4, -0.2) is 50.7 Å². The molecule has 43 heavy (non-hydrogen) atoms. The monoisotopic (exact) mass is 578 g/mol. The first-order chi connectivity index (χ1) is 21.1. The lowest BCUT2D eigenvalue weighted by Gasteiger charge is -2.22. The molecule has 5 heteroatoms. The zero-order chi connectivity index (χ0) is 30.3. The quantitative estimate of drug-likeness (QED) is 0.0902. The molecule has 0 heterocycles. The minimum Gasteiger partial charge on any atom is -0.379 e. The van der Waals surface area contributed by atoms with Gasteiger partial charge in [-0.3, -0.25) is 9.59 Å². The van der Waals surface area contributed by atoms with Crippen molar-refractivity contribution in [2.75, 3.05) is 26.9 Å². The summed E-state index contributed by atoms with van der Waals surface area (Å²) >= 11 is 0. The Hall–Kier alpha value is -3.90. The van der Waals surface area contributed by atoms with Gasteiger partial charge in [0.15, 0.2) is 11.6 Å². The number of ketones is 2. The van der Waals surface area contributed by atoms with Gasteiger partial charge in [0.1, 0.15) is 0 Å². The van der Waals surface area contributed by atoms with Crippen LogP contribution in [0.2, 0.25) is 0 Å². The number of ether oxygens (including phenoxy) is 3. The van der Waals surface area contributed by atoms with E-state index in [-0.39, 0.29) is 23.8 Å². The van der Waals surface area contributed by atoms with E-state index in [1.54, 1.807) is 7.11 Å². The van der Waals surface area contributed by atoms with Crippen molar-refractivity contribution in [1.82, 2.24) is 0 Å². The predicted molar refractivity (Wildman–Crippen MR) is 171 cm³/mol. The molecule has 4 aromatic carbocycles. The third-order valence-electron chi connectivity index (χ3n) is 7.52. The zero-order valence-corrected chi connectivity index (χ0v) is 25.2. The van der Waals surface area contributed by atoms with Crippen molar-refractivity contribution in [3.63, 3.8) is 0 Å². The molecule has 0 radical (unpaired) electrons. The summed E-state index contributed by atoms with van der Waals surface area (Å²) in [6.07, 6.45) is 4.12. The molecule has 0 saturated carbocycles. The molecule has 0 bridgehead atoms. The topological polar surface area (TPSA) is 61.8 Å². The number of benzene rings is 4. The molecule has 224 valence electrons. The van der Waals surface area contributed by atoms with Gasteiger partial charge in [0, 0.05) is 36.0 Å². The van der Waals surface area contributed by atoms with Crippen LogP contribution in [0.15, 0.2) is 109 Å². The smallest absolute Gasteiger partial charge is 0.193 e. The summed E-state index contributed by atoms with van der Waals surface area (Å²) in [5.74, 6) is 0.0619. The minimum absolute atomic E-state index is 0.0308. The second kappa shape index (κ2) is 17.3. The maximum Gasteiger partial charge on any atom is 0.193 e. The third kappa shape index (κ3) is 10.1. The highest BCUT2D eigenvalue weighted by Gasteiger charge is 2.16. The molecule has 0 aromatic heterocycles. The molecular formula is C38H42O5. The first kappa shape index (κ1) is 32.0. The fraction of sp³-hybridized carbons (Fsp3) is 0.316. The van der Waals surface area contributed by atoms with Gasteiger partial charge in [-0.05, 0) is 43.2 Å². The summed E-state index contributed by atoms with van der Waals surface area (Å²) in [6, 6.07) is 34.4. The van der Waals surface area contributed by atoms with Gasteiger partial charge >= 0.3 is 0 Å². The summed E-state index contributed by atoms with van der Waals surface area (Å²) in [7, 11) is 1.72. The van der Waals surface area contributed by atoms with E-state index >= 15 is 0 Å². The first-order valence-corrected chi connectivity index (χ1v) is 15.2. The zero-order valence-electron chi connectivity index (χ0n) is 25.2. The van der Waals surface area contributed by atoms with Crippen molar-refractivity contribution in [2.24, 2.45) is 0 Å². The highest BCUT2D eigenvalue weighted by molar-refractivity contribution is 6.09. The number of methoxy groups -OCH3 is 1. The van der Waals surface area contributed by atoms with Crippen LogP contribution in [0.4, 0.5) is 0 Å². The number of hydrogen-bond acceptors (Lipinski definition) is 5. The second-order valence-electron chi connectivity index (χ2n) is 10.7. The first-order valence-electron chi connectivity index (χ1n) is 15.2. The van der Waals surface area contributed by atoms with Gasteiger partial charge in [-0.1, -0.05) is 116 Å². The number of carbonyl (C=O) groups is 2. The van der Waals surface area contributed by atoms with Gasteiger partial charge in [-0.25, -0.2) is 0 Å². The molecule has 2 atom stereocenters. The van der Waals surface area contributed by atoms with Crippen molar-refractivity contribution in [2.45, 2.75) is 51.2 Å². The SMILES string of the molecule is CCCOCC(CCc1ccc(C(=O)c2ccccc2)cc1)OCC(CCc1ccc(C(=O)c2ccccc2)cc1)OC. The number of aryl methyl sites for hydroxylation is 2. The van der Waals surface area contributed by atoms with Crippen LogP contribution in [0.1, 0.15) is 69.2 Å². The van der Waals surface area contributed by atoms with Crippen LogP contribution < -0.4 is 0 Å². The van der Waals surface area contributed by atoms with E-state index in [4.69, 9.17) is 14.2 Å². The fourth-order valence-electron chi connectivity index (χ4n) is 4.90. The van der Waals surface area contributed by atoms with E-state index in [9.17, 15) is 9.59 Å². The normalized spacial score (nSPS) is 12.5. The Kier molecular flexibility index (Phi) is 12.9. The molecule has 0 N–H and O–H groups in total. The third-order valence-corrected chi connectivity index (χ3v) is 7.52. The van der Waals surface area contributed by atoms with E-state index in [0.717, 1.165) is 43.2 Å². The number of rotatable bonds is 18. The Labute approximate surface area is 255 Å². The van der Waals surface area contributed by atoms with Crippen molar-refractivity contribution >= 4 is 11.6 Å². The maximum absolute atomic E-state index is 12.7. The Morgan fingerprint density at radius 3 is 1.47 bits per heavy atom. The molecule has 0 amide bonds. The molecule has 0 aliphatic carbocycles. The van der Waals surface area contributed by atoms with Gasteiger partial charge in [-0.15, -0.1) is 0 Å². The number of hydrogen-bond donors (Lipinski definition) is 0. The van der Waals surface area contributed by atoms with Gasteiger partial charge in [0.05, 0.1) is 25.4 Å². The van der Waals surface area contributed by atoms with Crippen molar-refractivity contribution in [3.8, 4) is 0 Å². The van der Waals surface area contributed by atoms with Gasteiger partial charge in [-0.2, -0.15) is 0 Å². The van der Waals surface area contributed by atoms with Crippen LogP contribution in [0, 0.1) is 0 Å². The van der Waals surface area contributed by atoms with Crippen LogP contribution in [0.25, 0.3) is 0 Å². The molecular weight excluding hydrogens is 536 g/mol. The maximum atomic E-state index is 12.7. The summed E-state index contributed by atoms with van der Waals surface area (Å²) in [4.78, 5) is 25.4. The van der Waals surface area contributed by atoms with Crippen LogP contribution in [-0.2, 0) is 27.1 Å². The highest BCUT2D eigenvalue weighted by Crippen LogP contribution is 2.16. The van der Waals surface area contributed by atoms with E-state index in [0.29, 0.717) is 42.1 Å². The second-order valence-corrected chi connectivity index (χ2v) is 10.7. The summed E-state index contributed by atoms with van der Waals surface area (Å²) in [5.41, 5.74) is 5.08. The van der Waals surface area contributed by atoms with Gasteiger partial charge in [0.25, 0.3) is 0 Å². The average molecular weight is 579 g/mol. The Bertz CT molecular complexity index is 1380.